The number of hydrogen-bond acceptors (Lipinski definition) is 3. The Kier molecular flexibility index (Phi) is 4.53. The monoisotopic (exact) mass is 283 g/mol. The highest BCUT2D eigenvalue weighted by Gasteiger charge is 2.18. The minimum atomic E-state index is -0.463. The van der Waals surface area contributed by atoms with Gasteiger partial charge in [0.15, 0.2) is 0 Å². The Morgan fingerprint density at radius 2 is 1.71 bits per heavy atom. The molecule has 0 saturated heterocycles. The Balaban J connectivity index is 1.49. The van der Waals surface area contributed by atoms with E-state index < -0.39 is 6.10 Å². The van der Waals surface area contributed by atoms with Crippen LogP contribution in [0.4, 0.5) is 0 Å². The fourth-order valence-corrected chi connectivity index (χ4v) is 2.77. The number of nitrogens with zero attached hydrogens (tertiary/aromatic N) is 1. The normalized spacial score (nSPS) is 16.2. The third kappa shape index (κ3) is 3.84. The first kappa shape index (κ1) is 14.1. The molecule has 3 nitrogen and oxygen atoms in total. The van der Waals surface area contributed by atoms with E-state index in [1.807, 2.05) is 30.3 Å². The van der Waals surface area contributed by atoms with Crippen molar-refractivity contribution in [3.63, 3.8) is 0 Å². The van der Waals surface area contributed by atoms with Crippen molar-refractivity contribution in [3.05, 3.63) is 65.7 Å². The summed E-state index contributed by atoms with van der Waals surface area (Å²) in [7, 11) is 0. The Bertz CT molecular complexity index is 570. The molecule has 3 rings (SSSR count). The zero-order chi connectivity index (χ0) is 14.5. The van der Waals surface area contributed by atoms with Crippen molar-refractivity contribution in [2.24, 2.45) is 0 Å². The van der Waals surface area contributed by atoms with Gasteiger partial charge in [-0.15, -0.1) is 0 Å². The smallest absolute Gasteiger partial charge is 0.119 e. The van der Waals surface area contributed by atoms with Gasteiger partial charge in [-0.3, -0.25) is 4.90 Å². The summed E-state index contributed by atoms with van der Waals surface area (Å²) in [6.07, 6.45) is 0.595. The topological polar surface area (TPSA) is 32.7 Å². The van der Waals surface area contributed by atoms with Gasteiger partial charge in [0.1, 0.15) is 18.5 Å². The van der Waals surface area contributed by atoms with Gasteiger partial charge in [0.05, 0.1) is 0 Å². The lowest BCUT2D eigenvalue weighted by Crippen LogP contribution is -2.38. The molecular weight excluding hydrogens is 262 g/mol. The summed E-state index contributed by atoms with van der Waals surface area (Å²) in [5.41, 5.74) is 2.81. The predicted octanol–water partition coefficient (Wildman–Crippen LogP) is 2.48. The molecule has 110 valence electrons. The first-order valence-electron chi connectivity index (χ1n) is 7.46. The summed E-state index contributed by atoms with van der Waals surface area (Å²) in [6.45, 7) is 2.90. The van der Waals surface area contributed by atoms with Gasteiger partial charge in [0, 0.05) is 19.6 Å². The van der Waals surface area contributed by atoms with Crippen LogP contribution in [0.1, 0.15) is 11.1 Å². The summed E-state index contributed by atoms with van der Waals surface area (Å²) in [5.74, 6) is 0.806. The summed E-state index contributed by atoms with van der Waals surface area (Å²) in [6, 6.07) is 18.2. The largest absolute Gasteiger partial charge is 0.491 e. The van der Waals surface area contributed by atoms with E-state index in [9.17, 15) is 5.11 Å². The van der Waals surface area contributed by atoms with Gasteiger partial charge in [0.2, 0.25) is 0 Å². The van der Waals surface area contributed by atoms with Crippen molar-refractivity contribution in [2.45, 2.75) is 19.1 Å². The van der Waals surface area contributed by atoms with E-state index in [1.54, 1.807) is 0 Å². The summed E-state index contributed by atoms with van der Waals surface area (Å²) < 4.78 is 5.60. The molecule has 0 bridgehead atoms. The van der Waals surface area contributed by atoms with Crippen molar-refractivity contribution in [1.29, 1.82) is 0 Å². The number of aliphatic hydroxyl groups excluding tert-OH is 1. The van der Waals surface area contributed by atoms with E-state index in [0.29, 0.717) is 13.2 Å². The van der Waals surface area contributed by atoms with Crippen molar-refractivity contribution in [2.75, 3.05) is 19.7 Å². The lowest BCUT2D eigenvalue weighted by atomic mass is 10.00. The Labute approximate surface area is 125 Å². The summed E-state index contributed by atoms with van der Waals surface area (Å²) >= 11 is 0. The number of fused-ring (bicyclic) bond motifs is 1. The van der Waals surface area contributed by atoms with Crippen molar-refractivity contribution in [1.82, 2.24) is 4.90 Å². The molecule has 1 heterocycles. The molecule has 1 aliphatic rings. The molecule has 1 unspecified atom stereocenters. The second-order valence-corrected chi connectivity index (χ2v) is 5.53. The fourth-order valence-electron chi connectivity index (χ4n) is 2.77. The molecule has 0 spiro atoms. The summed E-state index contributed by atoms with van der Waals surface area (Å²) in [4.78, 5) is 2.29. The standard InChI is InChI=1S/C18H21NO2/c20-17(14-21-18-8-2-1-3-9-18)13-19-11-10-15-6-4-5-7-16(15)12-19/h1-9,17,20H,10-14H2. The Hall–Kier alpha value is -1.84. The minimum absolute atomic E-state index is 0.335. The second kappa shape index (κ2) is 6.74. The Morgan fingerprint density at radius 3 is 2.52 bits per heavy atom. The van der Waals surface area contributed by atoms with Crippen molar-refractivity contribution < 1.29 is 9.84 Å². The second-order valence-electron chi connectivity index (χ2n) is 5.53. The molecule has 0 fully saturated rings. The van der Waals surface area contributed by atoms with Crippen LogP contribution in [0.2, 0.25) is 0 Å². The zero-order valence-corrected chi connectivity index (χ0v) is 12.1. The molecule has 3 heteroatoms. The van der Waals surface area contributed by atoms with Crippen LogP contribution in [0.5, 0.6) is 5.75 Å². The molecule has 2 aromatic carbocycles. The zero-order valence-electron chi connectivity index (χ0n) is 12.1. The number of rotatable bonds is 5. The highest BCUT2D eigenvalue weighted by molar-refractivity contribution is 5.29. The van der Waals surface area contributed by atoms with Gasteiger partial charge in [-0.2, -0.15) is 0 Å². The van der Waals surface area contributed by atoms with E-state index in [-0.39, 0.29) is 0 Å². The molecule has 1 N–H and O–H groups in total. The average molecular weight is 283 g/mol. The van der Waals surface area contributed by atoms with Crippen molar-refractivity contribution in [3.8, 4) is 5.75 Å². The third-order valence-electron chi connectivity index (χ3n) is 3.86. The van der Waals surface area contributed by atoms with Crippen molar-refractivity contribution >= 4 is 0 Å². The minimum Gasteiger partial charge on any atom is -0.491 e. The third-order valence-corrected chi connectivity index (χ3v) is 3.86. The maximum absolute atomic E-state index is 10.1. The van der Waals surface area contributed by atoms with Crippen LogP contribution in [0.3, 0.4) is 0 Å². The lowest BCUT2D eigenvalue weighted by Gasteiger charge is -2.30. The van der Waals surface area contributed by atoms with E-state index in [2.05, 4.69) is 29.2 Å². The first-order chi connectivity index (χ1) is 10.3. The number of benzene rings is 2. The van der Waals surface area contributed by atoms with Gasteiger partial charge >= 0.3 is 0 Å². The van der Waals surface area contributed by atoms with Gasteiger partial charge in [0.25, 0.3) is 0 Å². The van der Waals surface area contributed by atoms with Crippen LogP contribution >= 0.6 is 0 Å². The van der Waals surface area contributed by atoms with Crippen LogP contribution in [-0.4, -0.2) is 35.8 Å². The summed E-state index contributed by atoms with van der Waals surface area (Å²) in [5, 5.41) is 10.1. The van der Waals surface area contributed by atoms with E-state index in [0.717, 1.165) is 25.3 Å². The number of ether oxygens (including phenoxy) is 1. The molecule has 0 amide bonds. The van der Waals surface area contributed by atoms with E-state index in [1.165, 1.54) is 11.1 Å². The highest BCUT2D eigenvalue weighted by atomic mass is 16.5. The number of aliphatic hydroxyl groups is 1. The molecular formula is C18H21NO2. The quantitative estimate of drug-likeness (QED) is 0.915. The molecule has 1 atom stereocenters. The number of hydrogen-bond donors (Lipinski definition) is 1. The molecule has 21 heavy (non-hydrogen) atoms. The lowest BCUT2D eigenvalue weighted by molar-refractivity contribution is 0.0638. The fraction of sp³-hybridized carbons (Fsp3) is 0.333. The van der Waals surface area contributed by atoms with Gasteiger partial charge < -0.3 is 9.84 Å². The molecule has 1 aliphatic heterocycles. The van der Waals surface area contributed by atoms with E-state index >= 15 is 0 Å². The van der Waals surface area contributed by atoms with Gasteiger partial charge in [-0.1, -0.05) is 42.5 Å². The number of para-hydroxylation sites is 1. The van der Waals surface area contributed by atoms with Crippen LogP contribution in [0.15, 0.2) is 54.6 Å². The predicted molar refractivity (Wildman–Crippen MR) is 83.4 cm³/mol. The molecule has 2 aromatic rings. The van der Waals surface area contributed by atoms with Gasteiger partial charge in [-0.05, 0) is 29.7 Å². The molecule has 0 radical (unpaired) electrons. The molecule has 0 aliphatic carbocycles. The van der Waals surface area contributed by atoms with Gasteiger partial charge in [-0.25, -0.2) is 0 Å². The van der Waals surface area contributed by atoms with E-state index in [4.69, 9.17) is 4.74 Å². The van der Waals surface area contributed by atoms with Crippen LogP contribution in [0, 0.1) is 0 Å². The number of β-amino-alcohol motifs (C(OH)–C–C–N with tert-alkyl or cyclic N) is 1. The van der Waals surface area contributed by atoms with Crippen LogP contribution in [0.25, 0.3) is 0 Å². The first-order valence-corrected chi connectivity index (χ1v) is 7.46. The Morgan fingerprint density at radius 1 is 1.00 bits per heavy atom. The van der Waals surface area contributed by atoms with Crippen LogP contribution < -0.4 is 4.74 Å². The molecule has 0 aromatic heterocycles. The maximum Gasteiger partial charge on any atom is 0.119 e. The SMILES string of the molecule is OC(COc1ccccc1)CN1CCc2ccccc2C1. The van der Waals surface area contributed by atoms with Crippen LogP contribution in [-0.2, 0) is 13.0 Å². The maximum atomic E-state index is 10.1. The molecule has 0 saturated carbocycles. The average Bonchev–Trinajstić information content (AvgIpc) is 2.54. The highest BCUT2D eigenvalue weighted by Crippen LogP contribution is 2.18.